The summed E-state index contributed by atoms with van der Waals surface area (Å²) in [4.78, 5) is 11.0. The van der Waals surface area contributed by atoms with Gasteiger partial charge in [-0.05, 0) is 68.6 Å². The molecule has 1 aliphatic carbocycles. The summed E-state index contributed by atoms with van der Waals surface area (Å²) in [6.07, 6.45) is 11.7. The van der Waals surface area contributed by atoms with Crippen molar-refractivity contribution in [3.8, 4) is 0 Å². The Hall–Kier alpha value is -0.600. The highest BCUT2D eigenvalue weighted by molar-refractivity contribution is 7.89. The Balaban J connectivity index is 1.06. The molecular formula is C23H37ClN4O2S. The molecule has 1 aromatic heterocycles. The molecule has 0 radical (unpaired) electrons. The molecule has 8 heteroatoms. The van der Waals surface area contributed by atoms with Crippen LogP contribution in [0, 0.1) is 23.7 Å². The summed E-state index contributed by atoms with van der Waals surface area (Å²) in [5.74, 6) is 4.87. The number of rotatable bonds is 10. The van der Waals surface area contributed by atoms with Crippen molar-refractivity contribution in [3.05, 3.63) is 17.4 Å². The minimum absolute atomic E-state index is 0.593. The molecule has 31 heavy (non-hydrogen) atoms. The van der Waals surface area contributed by atoms with Crippen LogP contribution in [0.2, 0.25) is 5.02 Å². The van der Waals surface area contributed by atoms with Crippen LogP contribution in [0.15, 0.2) is 12.4 Å². The largest absolute Gasteiger partial charge is 0.598 e. The van der Waals surface area contributed by atoms with E-state index in [0.29, 0.717) is 10.9 Å². The van der Waals surface area contributed by atoms with Crippen LogP contribution in [-0.2, 0) is 16.1 Å². The van der Waals surface area contributed by atoms with Crippen LogP contribution in [-0.4, -0.2) is 64.0 Å². The van der Waals surface area contributed by atoms with E-state index >= 15 is 0 Å². The van der Waals surface area contributed by atoms with E-state index in [-0.39, 0.29) is 0 Å². The van der Waals surface area contributed by atoms with Gasteiger partial charge in [-0.25, -0.2) is 9.97 Å². The minimum Gasteiger partial charge on any atom is -0.598 e. The van der Waals surface area contributed by atoms with Crippen LogP contribution >= 0.6 is 11.6 Å². The number of halogens is 1. The molecule has 3 aliphatic rings. The van der Waals surface area contributed by atoms with Crippen LogP contribution in [0.3, 0.4) is 0 Å². The van der Waals surface area contributed by atoms with Crippen molar-refractivity contribution in [2.75, 3.05) is 50.0 Å². The van der Waals surface area contributed by atoms with Gasteiger partial charge in [0.05, 0.1) is 17.4 Å². The van der Waals surface area contributed by atoms with Gasteiger partial charge in [0.1, 0.15) is 5.75 Å². The molecule has 0 spiro atoms. The van der Waals surface area contributed by atoms with Gasteiger partial charge in [0.25, 0.3) is 0 Å². The van der Waals surface area contributed by atoms with Gasteiger partial charge in [-0.1, -0.05) is 18.5 Å². The van der Waals surface area contributed by atoms with Gasteiger partial charge in [-0.2, -0.15) is 0 Å². The molecule has 1 aromatic rings. The summed E-state index contributed by atoms with van der Waals surface area (Å²) < 4.78 is 20.3. The number of ether oxygens (including phenoxy) is 1. The lowest BCUT2D eigenvalue weighted by Crippen LogP contribution is -2.40. The third-order valence-corrected chi connectivity index (χ3v) is 9.13. The standard InChI is InChI=1S/C23H37ClN4O2S/c1-2-13-31(29)28-10-3-18(4-11-28)17-30-12-7-20-14-22(20)19-5-8-27(9-6-19)23-25-15-21(24)16-26-23/h15-16,18-20,22H,2-14,17H2,1H3. The molecule has 1 saturated carbocycles. The minimum atomic E-state index is -0.770. The Bertz CT molecular complexity index is 666. The van der Waals surface area contributed by atoms with E-state index in [1.807, 2.05) is 0 Å². The van der Waals surface area contributed by atoms with Crippen LogP contribution < -0.4 is 4.90 Å². The van der Waals surface area contributed by atoms with E-state index in [2.05, 4.69) is 26.1 Å². The summed E-state index contributed by atoms with van der Waals surface area (Å²) in [7, 11) is 0. The van der Waals surface area contributed by atoms with Gasteiger partial charge in [-0.15, -0.1) is 4.31 Å². The first-order valence-corrected chi connectivity index (χ1v) is 13.7. The van der Waals surface area contributed by atoms with Crippen LogP contribution in [0.25, 0.3) is 0 Å². The molecule has 2 saturated heterocycles. The van der Waals surface area contributed by atoms with Crippen LogP contribution in [0.5, 0.6) is 0 Å². The second-order valence-corrected chi connectivity index (χ2v) is 11.5. The van der Waals surface area contributed by atoms with Gasteiger partial charge >= 0.3 is 0 Å². The second-order valence-electron chi connectivity index (χ2n) is 9.45. The lowest BCUT2D eigenvalue weighted by molar-refractivity contribution is 0.0745. The summed E-state index contributed by atoms with van der Waals surface area (Å²) in [6, 6.07) is 0. The molecule has 174 valence electrons. The zero-order valence-electron chi connectivity index (χ0n) is 18.8. The van der Waals surface area contributed by atoms with Crippen molar-refractivity contribution in [3.63, 3.8) is 0 Å². The van der Waals surface area contributed by atoms with Crippen molar-refractivity contribution in [1.29, 1.82) is 0 Å². The Morgan fingerprint density at radius 2 is 1.84 bits per heavy atom. The highest BCUT2D eigenvalue weighted by atomic mass is 35.5. The van der Waals surface area contributed by atoms with E-state index in [0.717, 1.165) is 88.1 Å². The Morgan fingerprint density at radius 3 is 2.52 bits per heavy atom. The Morgan fingerprint density at radius 1 is 1.13 bits per heavy atom. The topological polar surface area (TPSA) is 64.6 Å². The third-order valence-electron chi connectivity index (χ3n) is 7.24. The molecule has 0 aromatic carbocycles. The van der Waals surface area contributed by atoms with Crippen molar-refractivity contribution < 1.29 is 9.29 Å². The molecular weight excluding hydrogens is 432 g/mol. The maximum Gasteiger partial charge on any atom is 0.225 e. The average molecular weight is 469 g/mol. The van der Waals surface area contributed by atoms with Crippen molar-refractivity contribution in [2.45, 2.75) is 51.9 Å². The van der Waals surface area contributed by atoms with E-state index in [1.54, 1.807) is 12.4 Å². The molecule has 3 heterocycles. The number of piperidine rings is 2. The lowest BCUT2D eigenvalue weighted by atomic mass is 9.90. The van der Waals surface area contributed by atoms with Crippen molar-refractivity contribution in [2.24, 2.45) is 23.7 Å². The molecule has 6 nitrogen and oxygen atoms in total. The SMILES string of the molecule is CCC[S+]([O-])N1CCC(COCCC2CC2C2CCN(c3ncc(Cl)cn3)CC2)CC1. The quantitative estimate of drug-likeness (QED) is 0.379. The summed E-state index contributed by atoms with van der Waals surface area (Å²) in [6.45, 7) is 7.91. The van der Waals surface area contributed by atoms with E-state index < -0.39 is 11.4 Å². The average Bonchev–Trinajstić information content (AvgIpc) is 3.58. The van der Waals surface area contributed by atoms with Gasteiger partial charge in [0.15, 0.2) is 0 Å². The fourth-order valence-corrected chi connectivity index (χ4v) is 6.57. The number of hydrogen-bond acceptors (Lipinski definition) is 6. The first-order valence-electron chi connectivity index (χ1n) is 12.1. The summed E-state index contributed by atoms with van der Waals surface area (Å²) in [5, 5.41) is 0.593. The smallest absolute Gasteiger partial charge is 0.225 e. The molecule has 0 N–H and O–H groups in total. The van der Waals surface area contributed by atoms with Gasteiger partial charge in [0, 0.05) is 50.8 Å². The maximum atomic E-state index is 12.1. The zero-order chi connectivity index (χ0) is 21.6. The first-order chi connectivity index (χ1) is 15.1. The maximum absolute atomic E-state index is 12.1. The fourth-order valence-electron chi connectivity index (χ4n) is 5.24. The molecule has 2 aliphatic heterocycles. The second kappa shape index (κ2) is 11.5. The lowest BCUT2D eigenvalue weighted by Gasteiger charge is -2.32. The van der Waals surface area contributed by atoms with E-state index in [1.165, 1.54) is 25.7 Å². The molecule has 3 atom stereocenters. The number of aromatic nitrogens is 2. The molecule has 3 unspecified atom stereocenters. The normalized spacial score (nSPS) is 26.9. The molecule has 0 bridgehead atoms. The number of nitrogens with zero attached hydrogens (tertiary/aromatic N) is 4. The number of hydrogen-bond donors (Lipinski definition) is 0. The van der Waals surface area contributed by atoms with Crippen LogP contribution in [0.4, 0.5) is 5.95 Å². The van der Waals surface area contributed by atoms with Gasteiger partial charge < -0.3 is 14.2 Å². The molecule has 0 amide bonds. The summed E-state index contributed by atoms with van der Waals surface area (Å²) in [5.41, 5.74) is 0. The van der Waals surface area contributed by atoms with Gasteiger partial charge in [0.2, 0.25) is 5.95 Å². The highest BCUT2D eigenvalue weighted by Crippen LogP contribution is 2.49. The van der Waals surface area contributed by atoms with E-state index in [4.69, 9.17) is 16.3 Å². The Labute approximate surface area is 195 Å². The highest BCUT2D eigenvalue weighted by Gasteiger charge is 2.43. The monoisotopic (exact) mass is 468 g/mol. The fraction of sp³-hybridized carbons (Fsp3) is 0.826. The van der Waals surface area contributed by atoms with Crippen molar-refractivity contribution >= 4 is 28.9 Å². The first kappa shape index (κ1) is 23.6. The molecule has 3 fully saturated rings. The predicted molar refractivity (Wildman–Crippen MR) is 127 cm³/mol. The van der Waals surface area contributed by atoms with Crippen molar-refractivity contribution in [1.82, 2.24) is 14.3 Å². The molecule has 4 rings (SSSR count). The van der Waals surface area contributed by atoms with Gasteiger partial charge in [-0.3, -0.25) is 0 Å². The number of anilines is 1. The third kappa shape index (κ3) is 6.70. The Kier molecular flexibility index (Phi) is 8.74. The predicted octanol–water partition coefficient (Wildman–Crippen LogP) is 4.17. The zero-order valence-corrected chi connectivity index (χ0v) is 20.3. The van der Waals surface area contributed by atoms with Crippen LogP contribution in [0.1, 0.15) is 51.9 Å². The van der Waals surface area contributed by atoms with E-state index in [9.17, 15) is 4.55 Å². The summed E-state index contributed by atoms with van der Waals surface area (Å²) >= 11 is 5.13.